The SMILES string of the molecule is CN1C(=O)/C(=C\c2ccc(N(C)CCO)cc2)N=C1/C=C/c1ccc(F)cc1. The van der Waals surface area contributed by atoms with Crippen molar-refractivity contribution in [3.8, 4) is 0 Å². The summed E-state index contributed by atoms with van der Waals surface area (Å²) in [6.45, 7) is 0.643. The summed E-state index contributed by atoms with van der Waals surface area (Å²) >= 11 is 0. The lowest BCUT2D eigenvalue weighted by Gasteiger charge is -2.17. The van der Waals surface area contributed by atoms with Crippen LogP contribution in [0.1, 0.15) is 11.1 Å². The van der Waals surface area contributed by atoms with E-state index in [1.807, 2.05) is 36.2 Å². The lowest BCUT2D eigenvalue weighted by atomic mass is 10.1. The molecule has 0 saturated carbocycles. The number of hydrogen-bond donors (Lipinski definition) is 1. The molecule has 1 N–H and O–H groups in total. The molecule has 1 amide bonds. The minimum Gasteiger partial charge on any atom is -0.395 e. The number of aliphatic hydroxyl groups excluding tert-OH is 1. The van der Waals surface area contributed by atoms with E-state index in [4.69, 9.17) is 5.11 Å². The molecule has 0 saturated heterocycles. The van der Waals surface area contributed by atoms with Gasteiger partial charge >= 0.3 is 0 Å². The number of aliphatic hydroxyl groups is 1. The zero-order valence-corrected chi connectivity index (χ0v) is 15.8. The van der Waals surface area contributed by atoms with Crippen molar-refractivity contribution in [3.05, 3.63) is 77.2 Å². The van der Waals surface area contributed by atoms with Crippen LogP contribution < -0.4 is 4.90 Å². The van der Waals surface area contributed by atoms with Gasteiger partial charge in [0.05, 0.1) is 6.61 Å². The standard InChI is InChI=1S/C22H22FN3O2/c1-25(13-14-27)19-10-5-17(6-11-19)15-20-22(28)26(2)21(24-20)12-7-16-3-8-18(23)9-4-16/h3-12,15,27H,13-14H2,1-2H3/b12-7+,20-15+. The lowest BCUT2D eigenvalue weighted by Crippen LogP contribution is -2.26. The normalized spacial score (nSPS) is 15.6. The first kappa shape index (κ1) is 19.5. The van der Waals surface area contributed by atoms with Crippen molar-refractivity contribution in [2.75, 3.05) is 32.1 Å². The van der Waals surface area contributed by atoms with Crippen LogP contribution in [0.4, 0.5) is 10.1 Å². The van der Waals surface area contributed by atoms with E-state index in [2.05, 4.69) is 4.99 Å². The van der Waals surface area contributed by atoms with Crippen LogP contribution >= 0.6 is 0 Å². The molecule has 1 aliphatic rings. The molecule has 0 aromatic heterocycles. The van der Waals surface area contributed by atoms with E-state index in [-0.39, 0.29) is 18.3 Å². The summed E-state index contributed by atoms with van der Waals surface area (Å²) in [4.78, 5) is 20.3. The third kappa shape index (κ3) is 4.53. The Morgan fingerprint density at radius 3 is 2.36 bits per heavy atom. The predicted octanol–water partition coefficient (Wildman–Crippen LogP) is 3.18. The summed E-state index contributed by atoms with van der Waals surface area (Å²) in [5.41, 5.74) is 3.03. The molecule has 0 spiro atoms. The molecule has 0 aliphatic carbocycles. The molecule has 1 heterocycles. The van der Waals surface area contributed by atoms with Gasteiger partial charge in [-0.1, -0.05) is 30.3 Å². The number of hydrogen-bond acceptors (Lipinski definition) is 4. The molecule has 0 fully saturated rings. The first-order valence-corrected chi connectivity index (χ1v) is 8.92. The molecule has 0 bridgehead atoms. The average molecular weight is 379 g/mol. The molecule has 1 aliphatic heterocycles. The summed E-state index contributed by atoms with van der Waals surface area (Å²) < 4.78 is 13.0. The van der Waals surface area contributed by atoms with Crippen molar-refractivity contribution in [1.29, 1.82) is 0 Å². The topological polar surface area (TPSA) is 56.1 Å². The first-order valence-electron chi connectivity index (χ1n) is 8.92. The number of rotatable bonds is 6. The second-order valence-electron chi connectivity index (χ2n) is 6.49. The zero-order chi connectivity index (χ0) is 20.1. The quantitative estimate of drug-likeness (QED) is 0.785. The van der Waals surface area contributed by atoms with Crippen molar-refractivity contribution in [2.45, 2.75) is 0 Å². The Labute approximate surface area is 163 Å². The summed E-state index contributed by atoms with van der Waals surface area (Å²) in [7, 11) is 3.58. The number of amides is 1. The molecule has 144 valence electrons. The van der Waals surface area contributed by atoms with Crippen LogP contribution in [0.5, 0.6) is 0 Å². The average Bonchev–Trinajstić information content (AvgIpc) is 2.96. The smallest absolute Gasteiger partial charge is 0.277 e. The highest BCUT2D eigenvalue weighted by Crippen LogP contribution is 2.20. The fraction of sp³-hybridized carbons (Fsp3) is 0.182. The van der Waals surface area contributed by atoms with Gasteiger partial charge in [-0.15, -0.1) is 0 Å². The second-order valence-corrected chi connectivity index (χ2v) is 6.49. The number of likely N-dealkylation sites (N-methyl/N-ethyl adjacent to an activating group) is 2. The van der Waals surface area contributed by atoms with Gasteiger partial charge in [0.25, 0.3) is 5.91 Å². The Bertz CT molecular complexity index is 931. The molecule has 2 aromatic carbocycles. The van der Waals surface area contributed by atoms with Gasteiger partial charge in [0, 0.05) is 26.3 Å². The summed E-state index contributed by atoms with van der Waals surface area (Å²) in [5, 5.41) is 9.02. The molecular weight excluding hydrogens is 357 g/mol. The third-order valence-corrected chi connectivity index (χ3v) is 4.47. The minimum atomic E-state index is -0.290. The fourth-order valence-electron chi connectivity index (χ4n) is 2.77. The van der Waals surface area contributed by atoms with Crippen LogP contribution in [-0.4, -0.2) is 49.0 Å². The number of benzene rings is 2. The number of anilines is 1. The number of amidine groups is 1. The Kier molecular flexibility index (Phi) is 6.01. The number of nitrogens with zero attached hydrogens (tertiary/aromatic N) is 3. The number of halogens is 1. The maximum Gasteiger partial charge on any atom is 0.277 e. The predicted molar refractivity (Wildman–Crippen MR) is 110 cm³/mol. The fourth-order valence-corrected chi connectivity index (χ4v) is 2.77. The summed E-state index contributed by atoms with van der Waals surface area (Å²) in [6.07, 6.45) is 5.27. The molecular formula is C22H22FN3O2. The molecule has 6 heteroatoms. The van der Waals surface area contributed by atoms with Crippen LogP contribution in [0.3, 0.4) is 0 Å². The van der Waals surface area contributed by atoms with Gasteiger partial charge < -0.3 is 10.0 Å². The number of aliphatic imine (C=N–C) groups is 1. The highest BCUT2D eigenvalue weighted by Gasteiger charge is 2.25. The van der Waals surface area contributed by atoms with Crippen LogP contribution in [0.25, 0.3) is 12.2 Å². The van der Waals surface area contributed by atoms with Crippen LogP contribution in [0, 0.1) is 5.82 Å². The highest BCUT2D eigenvalue weighted by molar-refractivity contribution is 6.18. The van der Waals surface area contributed by atoms with Crippen LogP contribution in [0.15, 0.2) is 65.3 Å². The van der Waals surface area contributed by atoms with Gasteiger partial charge in [-0.2, -0.15) is 0 Å². The largest absolute Gasteiger partial charge is 0.395 e. The van der Waals surface area contributed by atoms with E-state index in [0.29, 0.717) is 18.1 Å². The van der Waals surface area contributed by atoms with Crippen molar-refractivity contribution in [2.24, 2.45) is 4.99 Å². The van der Waals surface area contributed by atoms with Gasteiger partial charge in [-0.25, -0.2) is 9.38 Å². The van der Waals surface area contributed by atoms with E-state index in [1.54, 1.807) is 37.4 Å². The van der Waals surface area contributed by atoms with Crippen LogP contribution in [-0.2, 0) is 4.79 Å². The van der Waals surface area contributed by atoms with E-state index < -0.39 is 0 Å². The van der Waals surface area contributed by atoms with E-state index in [9.17, 15) is 9.18 Å². The number of carbonyl (C=O) groups excluding carboxylic acids is 1. The summed E-state index contributed by atoms with van der Waals surface area (Å²) in [6, 6.07) is 13.8. The maximum absolute atomic E-state index is 13.0. The molecule has 2 aromatic rings. The Morgan fingerprint density at radius 1 is 1.07 bits per heavy atom. The third-order valence-electron chi connectivity index (χ3n) is 4.47. The van der Waals surface area contributed by atoms with Crippen molar-refractivity contribution in [1.82, 2.24) is 4.90 Å². The van der Waals surface area contributed by atoms with Gasteiger partial charge in [0.1, 0.15) is 17.3 Å². The van der Waals surface area contributed by atoms with E-state index >= 15 is 0 Å². The van der Waals surface area contributed by atoms with E-state index in [0.717, 1.165) is 16.8 Å². The van der Waals surface area contributed by atoms with Crippen molar-refractivity contribution >= 4 is 29.6 Å². The lowest BCUT2D eigenvalue weighted by molar-refractivity contribution is -0.121. The molecule has 5 nitrogen and oxygen atoms in total. The minimum absolute atomic E-state index is 0.0894. The maximum atomic E-state index is 13.0. The zero-order valence-electron chi connectivity index (χ0n) is 15.8. The van der Waals surface area contributed by atoms with Crippen LogP contribution in [0.2, 0.25) is 0 Å². The molecule has 0 atom stereocenters. The van der Waals surface area contributed by atoms with Crippen molar-refractivity contribution in [3.63, 3.8) is 0 Å². The second kappa shape index (κ2) is 8.63. The highest BCUT2D eigenvalue weighted by atomic mass is 19.1. The van der Waals surface area contributed by atoms with Gasteiger partial charge in [0.15, 0.2) is 0 Å². The Morgan fingerprint density at radius 2 is 1.71 bits per heavy atom. The van der Waals surface area contributed by atoms with Gasteiger partial charge in [0.2, 0.25) is 0 Å². The molecule has 28 heavy (non-hydrogen) atoms. The summed E-state index contributed by atoms with van der Waals surface area (Å²) in [5.74, 6) is 0.0570. The Hall–Kier alpha value is -3.25. The first-order chi connectivity index (χ1) is 13.5. The molecule has 3 rings (SSSR count). The molecule has 0 radical (unpaired) electrons. The molecule has 0 unspecified atom stereocenters. The number of carbonyl (C=O) groups is 1. The monoisotopic (exact) mass is 379 g/mol. The van der Waals surface area contributed by atoms with Gasteiger partial charge in [-0.3, -0.25) is 9.69 Å². The van der Waals surface area contributed by atoms with E-state index in [1.165, 1.54) is 17.0 Å². The van der Waals surface area contributed by atoms with Gasteiger partial charge in [-0.05, 0) is 47.5 Å². The Balaban J connectivity index is 1.78. The van der Waals surface area contributed by atoms with Crippen molar-refractivity contribution < 1.29 is 14.3 Å².